The van der Waals surface area contributed by atoms with Gasteiger partial charge in [0.1, 0.15) is 0 Å². The van der Waals surface area contributed by atoms with Gasteiger partial charge in [-0.05, 0) is 46.7 Å². The zero-order chi connectivity index (χ0) is 23.5. The Morgan fingerprint density at radius 2 is 1.53 bits per heavy atom. The van der Waals surface area contributed by atoms with Crippen LogP contribution in [0.15, 0.2) is 103 Å². The van der Waals surface area contributed by atoms with Gasteiger partial charge in [0.15, 0.2) is 5.78 Å². The fourth-order valence-corrected chi connectivity index (χ4v) is 4.08. The van der Waals surface area contributed by atoms with Gasteiger partial charge in [-0.1, -0.05) is 72.3 Å². The minimum atomic E-state index is -0.373. The average molecular weight is 466 g/mol. The lowest BCUT2D eigenvalue weighted by Gasteiger charge is -2.09. The highest BCUT2D eigenvalue weighted by atomic mass is 35.5. The van der Waals surface area contributed by atoms with Gasteiger partial charge >= 0.3 is 0 Å². The zero-order valence-corrected chi connectivity index (χ0v) is 18.9. The summed E-state index contributed by atoms with van der Waals surface area (Å²) in [6.07, 6.45) is 3.38. The number of nitrogens with one attached hydrogen (secondary N) is 1. The summed E-state index contributed by atoms with van der Waals surface area (Å²) < 4.78 is 1.78. The number of hydrogen-bond acceptors (Lipinski definition) is 3. The predicted octanol–water partition coefficient (Wildman–Crippen LogP) is 6.22. The van der Waals surface area contributed by atoms with Gasteiger partial charge in [-0.2, -0.15) is 5.10 Å². The minimum absolute atomic E-state index is 0.242. The van der Waals surface area contributed by atoms with E-state index in [9.17, 15) is 9.59 Å². The molecular formula is C28H20ClN3O2. The molecule has 1 aromatic heterocycles. The summed E-state index contributed by atoms with van der Waals surface area (Å²) in [4.78, 5) is 26.1. The smallest absolute Gasteiger partial charge is 0.256 e. The van der Waals surface area contributed by atoms with E-state index in [0.717, 1.165) is 5.56 Å². The minimum Gasteiger partial charge on any atom is -0.319 e. The zero-order valence-electron chi connectivity index (χ0n) is 18.1. The van der Waals surface area contributed by atoms with Crippen LogP contribution in [0.3, 0.4) is 0 Å². The number of anilines is 1. The lowest BCUT2D eigenvalue weighted by molar-refractivity contribution is 0.0996. The van der Waals surface area contributed by atoms with Gasteiger partial charge in [-0.3, -0.25) is 14.3 Å². The Kier molecular flexibility index (Phi) is 5.93. The number of fused-ring (bicyclic) bond motifs is 1. The van der Waals surface area contributed by atoms with Crippen LogP contribution in [0.25, 0.3) is 10.8 Å². The summed E-state index contributed by atoms with van der Waals surface area (Å²) in [5.41, 5.74) is 2.78. The molecule has 5 aromatic rings. The topological polar surface area (TPSA) is 64.0 Å². The van der Waals surface area contributed by atoms with Crippen LogP contribution in [0.1, 0.15) is 31.8 Å². The maximum absolute atomic E-state index is 13.0. The van der Waals surface area contributed by atoms with Crippen molar-refractivity contribution in [2.24, 2.45) is 0 Å². The molecule has 0 atom stereocenters. The highest BCUT2D eigenvalue weighted by Gasteiger charge is 2.18. The molecule has 166 valence electrons. The van der Waals surface area contributed by atoms with Crippen LogP contribution in [0.5, 0.6) is 0 Å². The van der Waals surface area contributed by atoms with E-state index in [0.29, 0.717) is 33.9 Å². The highest BCUT2D eigenvalue weighted by molar-refractivity contribution is 6.30. The molecule has 6 heteroatoms. The van der Waals surface area contributed by atoms with Crippen LogP contribution >= 0.6 is 11.6 Å². The van der Waals surface area contributed by atoms with E-state index in [1.165, 1.54) is 10.8 Å². The van der Waals surface area contributed by atoms with Crippen molar-refractivity contribution in [1.29, 1.82) is 0 Å². The van der Waals surface area contributed by atoms with Crippen molar-refractivity contribution in [3.63, 3.8) is 0 Å². The first-order valence-electron chi connectivity index (χ1n) is 10.8. The Morgan fingerprint density at radius 1 is 0.824 bits per heavy atom. The van der Waals surface area contributed by atoms with Crippen molar-refractivity contribution in [1.82, 2.24) is 9.78 Å². The molecular weight excluding hydrogens is 446 g/mol. The number of carbonyl (C=O) groups is 2. The molecule has 0 aliphatic rings. The molecule has 0 aliphatic carbocycles. The predicted molar refractivity (Wildman–Crippen MR) is 135 cm³/mol. The summed E-state index contributed by atoms with van der Waals surface area (Å²) in [5, 5.41) is 10.1. The van der Waals surface area contributed by atoms with Crippen molar-refractivity contribution in [2.75, 3.05) is 5.32 Å². The summed E-state index contributed by atoms with van der Waals surface area (Å²) in [5.74, 6) is -0.614. The Balaban J connectivity index is 1.35. The molecule has 5 rings (SSSR count). The van der Waals surface area contributed by atoms with E-state index in [-0.39, 0.29) is 11.7 Å². The van der Waals surface area contributed by atoms with Gasteiger partial charge in [0.05, 0.1) is 24.0 Å². The molecule has 0 saturated carbocycles. The largest absolute Gasteiger partial charge is 0.319 e. The summed E-state index contributed by atoms with van der Waals surface area (Å²) in [7, 11) is 0. The van der Waals surface area contributed by atoms with Gasteiger partial charge in [0.2, 0.25) is 0 Å². The number of benzene rings is 4. The maximum Gasteiger partial charge on any atom is 0.256 e. The molecule has 5 nitrogen and oxygen atoms in total. The number of halogens is 1. The number of amides is 1. The number of carbonyl (C=O) groups excluding carboxylic acids is 2. The van der Waals surface area contributed by atoms with Crippen LogP contribution in [-0.2, 0) is 6.54 Å². The monoisotopic (exact) mass is 465 g/mol. The number of rotatable bonds is 6. The molecule has 0 fully saturated rings. The second-order valence-corrected chi connectivity index (χ2v) is 8.34. The van der Waals surface area contributed by atoms with Crippen LogP contribution < -0.4 is 5.32 Å². The van der Waals surface area contributed by atoms with Gasteiger partial charge in [0, 0.05) is 22.3 Å². The molecule has 1 amide bonds. The van der Waals surface area contributed by atoms with Gasteiger partial charge in [-0.15, -0.1) is 0 Å². The number of nitrogens with zero attached hydrogens (tertiary/aromatic N) is 2. The fraction of sp³-hybridized carbons (Fsp3) is 0.0357. The second-order valence-electron chi connectivity index (χ2n) is 7.90. The SMILES string of the molecule is O=C(Nc1cnn(Cc2cccc3ccccc23)c1)c1ccccc1C(=O)c1ccc(Cl)cc1. The lowest BCUT2D eigenvalue weighted by Crippen LogP contribution is -2.16. The lowest BCUT2D eigenvalue weighted by atomic mass is 9.98. The van der Waals surface area contributed by atoms with Crippen LogP contribution in [0.4, 0.5) is 5.69 Å². The van der Waals surface area contributed by atoms with E-state index < -0.39 is 0 Å². The quantitative estimate of drug-likeness (QED) is 0.303. The van der Waals surface area contributed by atoms with Gasteiger partial charge in [0.25, 0.3) is 5.91 Å². The van der Waals surface area contributed by atoms with E-state index >= 15 is 0 Å². The molecule has 1 heterocycles. The first kappa shape index (κ1) is 21.6. The third-order valence-electron chi connectivity index (χ3n) is 5.63. The van der Waals surface area contributed by atoms with Crippen LogP contribution in [0.2, 0.25) is 5.02 Å². The van der Waals surface area contributed by atoms with E-state index in [1.807, 2.05) is 18.2 Å². The van der Waals surface area contributed by atoms with Crippen molar-refractivity contribution in [2.45, 2.75) is 6.54 Å². The Bertz CT molecular complexity index is 1500. The first-order chi connectivity index (χ1) is 16.6. The molecule has 0 saturated heterocycles. The average Bonchev–Trinajstić information content (AvgIpc) is 3.31. The Labute approximate surface area is 201 Å². The summed E-state index contributed by atoms with van der Waals surface area (Å²) >= 11 is 5.93. The maximum atomic E-state index is 13.0. The van der Waals surface area contributed by atoms with Gasteiger partial charge in [-0.25, -0.2) is 0 Å². The Morgan fingerprint density at radius 3 is 2.35 bits per heavy atom. The van der Waals surface area contributed by atoms with Crippen LogP contribution in [0, 0.1) is 0 Å². The molecule has 4 aromatic carbocycles. The molecule has 0 radical (unpaired) electrons. The molecule has 0 unspecified atom stereocenters. The Hall–Kier alpha value is -4.22. The third kappa shape index (κ3) is 4.47. The van der Waals surface area contributed by atoms with Crippen molar-refractivity contribution >= 4 is 39.8 Å². The highest BCUT2D eigenvalue weighted by Crippen LogP contribution is 2.21. The number of ketones is 1. The van der Waals surface area contributed by atoms with Crippen molar-refractivity contribution in [3.8, 4) is 0 Å². The van der Waals surface area contributed by atoms with Crippen molar-refractivity contribution in [3.05, 3.63) is 131 Å². The molecule has 0 spiro atoms. The summed E-state index contributed by atoms with van der Waals surface area (Å²) in [6.45, 7) is 0.572. The normalized spacial score (nSPS) is 10.9. The fourth-order valence-electron chi connectivity index (χ4n) is 3.95. The molecule has 1 N–H and O–H groups in total. The second kappa shape index (κ2) is 9.33. The third-order valence-corrected chi connectivity index (χ3v) is 5.88. The standard InChI is InChI=1S/C28H20ClN3O2/c29-22-14-12-20(13-15-22)27(33)25-10-3-4-11-26(25)28(34)31-23-16-30-32(18-23)17-21-8-5-7-19-6-1-2-9-24(19)21/h1-16,18H,17H2,(H,31,34). The summed E-state index contributed by atoms with van der Waals surface area (Å²) in [6, 6.07) is 27.7. The van der Waals surface area contributed by atoms with E-state index in [1.54, 1.807) is 65.6 Å². The van der Waals surface area contributed by atoms with Crippen LogP contribution in [-0.4, -0.2) is 21.5 Å². The van der Waals surface area contributed by atoms with Crippen molar-refractivity contribution < 1.29 is 9.59 Å². The molecule has 0 aliphatic heterocycles. The van der Waals surface area contributed by atoms with Gasteiger partial charge < -0.3 is 5.32 Å². The molecule has 34 heavy (non-hydrogen) atoms. The first-order valence-corrected chi connectivity index (χ1v) is 11.2. The van der Waals surface area contributed by atoms with E-state index in [2.05, 4.69) is 34.7 Å². The van der Waals surface area contributed by atoms with E-state index in [4.69, 9.17) is 11.6 Å². The molecule has 0 bridgehead atoms. The number of aromatic nitrogens is 2. The number of hydrogen-bond donors (Lipinski definition) is 1.